The maximum absolute atomic E-state index is 14.8. The fourth-order valence-electron chi connectivity index (χ4n) is 2.91. The Bertz CT molecular complexity index is 819. The SMILES string of the molecule is C\C=C/C(=C\CC)C(/C=C(/C)CC(F)F)=C(\N/C=C/C)c1c(F)cc(C)cc1F. The summed E-state index contributed by atoms with van der Waals surface area (Å²) in [5.74, 6) is -1.44. The van der Waals surface area contributed by atoms with Crippen molar-refractivity contribution < 1.29 is 17.6 Å². The van der Waals surface area contributed by atoms with Gasteiger partial charge in [0.05, 0.1) is 11.3 Å². The van der Waals surface area contributed by atoms with Gasteiger partial charge in [0, 0.05) is 12.0 Å². The number of hydrogen-bond acceptors (Lipinski definition) is 1. The summed E-state index contributed by atoms with van der Waals surface area (Å²) < 4.78 is 55.4. The van der Waals surface area contributed by atoms with Crippen molar-refractivity contribution in [3.63, 3.8) is 0 Å². The molecule has 0 saturated carbocycles. The molecule has 0 bridgehead atoms. The van der Waals surface area contributed by atoms with E-state index in [0.717, 1.165) is 0 Å². The summed E-state index contributed by atoms with van der Waals surface area (Å²) in [6.07, 6.45) is 8.04. The van der Waals surface area contributed by atoms with Gasteiger partial charge in [0.2, 0.25) is 6.43 Å². The van der Waals surface area contributed by atoms with E-state index in [1.165, 1.54) is 12.1 Å². The van der Waals surface area contributed by atoms with Gasteiger partial charge in [0.1, 0.15) is 11.6 Å². The number of alkyl halides is 2. The topological polar surface area (TPSA) is 12.0 Å². The highest BCUT2D eigenvalue weighted by Crippen LogP contribution is 2.30. The van der Waals surface area contributed by atoms with E-state index in [2.05, 4.69) is 5.32 Å². The molecular formula is C24H29F4N. The number of allylic oxidation sites excluding steroid dienone is 8. The Hall–Kier alpha value is -2.56. The van der Waals surface area contributed by atoms with Crippen molar-refractivity contribution in [3.05, 3.63) is 88.2 Å². The molecule has 1 aromatic carbocycles. The van der Waals surface area contributed by atoms with Crippen molar-refractivity contribution >= 4 is 5.70 Å². The average molecular weight is 407 g/mol. The minimum absolute atomic E-state index is 0.185. The number of halogens is 4. The molecule has 0 unspecified atom stereocenters. The van der Waals surface area contributed by atoms with Gasteiger partial charge < -0.3 is 5.32 Å². The summed E-state index contributed by atoms with van der Waals surface area (Å²) in [6, 6.07) is 2.50. The predicted molar refractivity (Wildman–Crippen MR) is 114 cm³/mol. The highest BCUT2D eigenvalue weighted by Gasteiger charge is 2.19. The second kappa shape index (κ2) is 12.1. The highest BCUT2D eigenvalue weighted by molar-refractivity contribution is 5.76. The quantitative estimate of drug-likeness (QED) is 0.328. The van der Waals surface area contributed by atoms with E-state index in [0.29, 0.717) is 28.7 Å². The molecule has 1 nitrogen and oxygen atoms in total. The molecule has 0 atom stereocenters. The molecule has 0 aliphatic carbocycles. The third-order valence-electron chi connectivity index (χ3n) is 4.05. The molecular weight excluding hydrogens is 378 g/mol. The van der Waals surface area contributed by atoms with Crippen LogP contribution >= 0.6 is 0 Å². The second-order valence-electron chi connectivity index (χ2n) is 6.69. The van der Waals surface area contributed by atoms with E-state index >= 15 is 0 Å². The number of nitrogens with one attached hydrogen (secondary N) is 1. The largest absolute Gasteiger partial charge is 0.361 e. The molecule has 0 spiro atoms. The summed E-state index contributed by atoms with van der Waals surface area (Å²) in [5.41, 5.74) is 1.96. The normalized spacial score (nSPS) is 14.3. The lowest BCUT2D eigenvalue weighted by Gasteiger charge is -2.18. The maximum atomic E-state index is 14.8. The second-order valence-corrected chi connectivity index (χ2v) is 6.69. The van der Waals surface area contributed by atoms with Crippen LogP contribution < -0.4 is 5.32 Å². The lowest BCUT2D eigenvalue weighted by molar-refractivity contribution is 0.149. The zero-order valence-electron chi connectivity index (χ0n) is 17.6. The molecule has 1 rings (SSSR count). The van der Waals surface area contributed by atoms with Crippen molar-refractivity contribution in [2.75, 3.05) is 0 Å². The summed E-state index contributed by atoms with van der Waals surface area (Å²) in [5, 5.41) is 2.96. The van der Waals surface area contributed by atoms with E-state index in [9.17, 15) is 17.6 Å². The van der Waals surface area contributed by atoms with Crippen LogP contribution in [0.3, 0.4) is 0 Å². The molecule has 0 saturated heterocycles. The van der Waals surface area contributed by atoms with Crippen molar-refractivity contribution in [1.29, 1.82) is 0 Å². The van der Waals surface area contributed by atoms with E-state index in [-0.39, 0.29) is 11.3 Å². The van der Waals surface area contributed by atoms with Gasteiger partial charge in [-0.1, -0.05) is 42.9 Å². The minimum Gasteiger partial charge on any atom is -0.361 e. The monoisotopic (exact) mass is 407 g/mol. The fraction of sp³-hybridized carbons (Fsp3) is 0.333. The van der Waals surface area contributed by atoms with Crippen molar-refractivity contribution in [1.82, 2.24) is 5.32 Å². The molecule has 29 heavy (non-hydrogen) atoms. The van der Waals surface area contributed by atoms with Crippen LogP contribution in [-0.2, 0) is 0 Å². The maximum Gasteiger partial charge on any atom is 0.242 e. The smallest absolute Gasteiger partial charge is 0.242 e. The Kier molecular flexibility index (Phi) is 10.2. The van der Waals surface area contributed by atoms with Gasteiger partial charge in [-0.3, -0.25) is 0 Å². The predicted octanol–water partition coefficient (Wildman–Crippen LogP) is 7.62. The molecule has 0 heterocycles. The number of aryl methyl sites for hydroxylation is 1. The van der Waals surface area contributed by atoms with Crippen LogP contribution in [0.25, 0.3) is 5.70 Å². The summed E-state index contributed by atoms with van der Waals surface area (Å²) in [6.45, 7) is 8.71. The van der Waals surface area contributed by atoms with Crippen LogP contribution in [0, 0.1) is 18.6 Å². The molecule has 0 aliphatic rings. The van der Waals surface area contributed by atoms with Crippen LogP contribution in [0.1, 0.15) is 51.7 Å². The number of rotatable bonds is 9. The summed E-state index contributed by atoms with van der Waals surface area (Å²) in [4.78, 5) is 0. The first kappa shape index (κ1) is 24.5. The molecule has 5 heteroatoms. The first-order chi connectivity index (χ1) is 13.7. The summed E-state index contributed by atoms with van der Waals surface area (Å²) >= 11 is 0. The van der Waals surface area contributed by atoms with Crippen LogP contribution in [0.5, 0.6) is 0 Å². The standard InChI is InChI=1S/C24H29F4N/c1-6-9-18(10-7-2)19(12-16(4)15-22(27)28)24(29-11-8-3)23-20(25)13-17(5)14-21(23)26/h6,8-14,22,29H,7,15H2,1-5H3/b9-6-,11-8+,16-12-,18-10+,24-19-. The van der Waals surface area contributed by atoms with Gasteiger partial charge in [-0.25, -0.2) is 17.6 Å². The third kappa shape index (κ3) is 7.41. The van der Waals surface area contributed by atoms with E-state index in [1.807, 2.05) is 19.9 Å². The Balaban J connectivity index is 3.95. The first-order valence-corrected chi connectivity index (χ1v) is 9.61. The highest BCUT2D eigenvalue weighted by atomic mass is 19.3. The van der Waals surface area contributed by atoms with Crippen LogP contribution in [0.2, 0.25) is 0 Å². The van der Waals surface area contributed by atoms with Gasteiger partial charge >= 0.3 is 0 Å². The Morgan fingerprint density at radius 2 is 1.72 bits per heavy atom. The minimum atomic E-state index is -2.51. The molecule has 0 aliphatic heterocycles. The Morgan fingerprint density at radius 1 is 1.10 bits per heavy atom. The van der Waals surface area contributed by atoms with Crippen molar-refractivity contribution in [3.8, 4) is 0 Å². The molecule has 1 N–H and O–H groups in total. The van der Waals surface area contributed by atoms with E-state index in [1.54, 1.807) is 51.3 Å². The zero-order chi connectivity index (χ0) is 22.0. The van der Waals surface area contributed by atoms with E-state index in [4.69, 9.17) is 0 Å². The molecule has 0 radical (unpaired) electrons. The van der Waals surface area contributed by atoms with Gasteiger partial charge in [-0.05, 0) is 63.6 Å². The molecule has 0 amide bonds. The van der Waals surface area contributed by atoms with Gasteiger partial charge in [-0.15, -0.1) is 0 Å². The molecule has 1 aromatic rings. The van der Waals surface area contributed by atoms with Gasteiger partial charge in [-0.2, -0.15) is 0 Å². The Labute approximate surface area is 171 Å². The Morgan fingerprint density at radius 3 is 2.21 bits per heavy atom. The van der Waals surface area contributed by atoms with Gasteiger partial charge in [0.25, 0.3) is 0 Å². The van der Waals surface area contributed by atoms with Crippen LogP contribution in [0.4, 0.5) is 17.6 Å². The zero-order valence-corrected chi connectivity index (χ0v) is 17.6. The van der Waals surface area contributed by atoms with E-state index < -0.39 is 24.5 Å². The number of benzene rings is 1. The fourth-order valence-corrected chi connectivity index (χ4v) is 2.91. The summed E-state index contributed by atoms with van der Waals surface area (Å²) in [7, 11) is 0. The molecule has 0 aromatic heterocycles. The lowest BCUT2D eigenvalue weighted by Crippen LogP contribution is -2.12. The average Bonchev–Trinajstić information content (AvgIpc) is 2.61. The number of hydrogen-bond donors (Lipinski definition) is 1. The first-order valence-electron chi connectivity index (χ1n) is 9.61. The lowest BCUT2D eigenvalue weighted by atomic mass is 9.94. The van der Waals surface area contributed by atoms with Crippen molar-refractivity contribution in [2.45, 2.75) is 53.9 Å². The van der Waals surface area contributed by atoms with Gasteiger partial charge in [0.15, 0.2) is 0 Å². The third-order valence-corrected chi connectivity index (χ3v) is 4.05. The molecule has 158 valence electrons. The van der Waals surface area contributed by atoms with Crippen LogP contribution in [0.15, 0.2) is 65.4 Å². The van der Waals surface area contributed by atoms with Crippen molar-refractivity contribution in [2.24, 2.45) is 0 Å². The molecule has 0 fully saturated rings. The van der Waals surface area contributed by atoms with Crippen LogP contribution in [-0.4, -0.2) is 6.43 Å².